The average Bonchev–Trinajstić information content (AvgIpc) is 2.45. The molecule has 0 bridgehead atoms. The first-order chi connectivity index (χ1) is 9.93. The van der Waals surface area contributed by atoms with Crippen LogP contribution in [0.1, 0.15) is 5.56 Å². The molecule has 0 radical (unpaired) electrons. The molecule has 21 heavy (non-hydrogen) atoms. The summed E-state index contributed by atoms with van der Waals surface area (Å²) in [5, 5.41) is 9.89. The van der Waals surface area contributed by atoms with Crippen molar-refractivity contribution in [2.24, 2.45) is 0 Å². The van der Waals surface area contributed by atoms with E-state index >= 15 is 0 Å². The number of alkyl halides is 3. The van der Waals surface area contributed by atoms with Crippen molar-refractivity contribution in [1.82, 2.24) is 4.90 Å². The number of hydrogen-bond acceptors (Lipinski definition) is 4. The fraction of sp³-hybridized carbons (Fsp3) is 0.571. The number of phenolic OH excluding ortho intramolecular Hbond substituents is 1. The molecule has 0 spiro atoms. The van der Waals surface area contributed by atoms with E-state index in [-0.39, 0.29) is 5.69 Å². The largest absolute Gasteiger partial charge is 0.505 e. The number of piperazine rings is 1. The lowest BCUT2D eigenvalue weighted by Crippen LogP contribution is -2.47. The molecule has 0 saturated carbocycles. The molecule has 0 aromatic heterocycles. The van der Waals surface area contributed by atoms with Crippen LogP contribution in [0.25, 0.3) is 0 Å². The molecule has 0 atom stereocenters. The van der Waals surface area contributed by atoms with Gasteiger partial charge in [0, 0.05) is 39.8 Å². The SMILES string of the molecule is COCCN1CCN(c2cccc(C(F)(F)F)c2O)CC1. The van der Waals surface area contributed by atoms with Gasteiger partial charge in [-0.25, -0.2) is 0 Å². The second-order valence-electron chi connectivity index (χ2n) is 4.99. The van der Waals surface area contributed by atoms with Crippen LogP contribution in [0.5, 0.6) is 5.75 Å². The van der Waals surface area contributed by atoms with Crippen LogP contribution in [0.15, 0.2) is 18.2 Å². The Morgan fingerprint density at radius 1 is 1.19 bits per heavy atom. The van der Waals surface area contributed by atoms with Crippen molar-refractivity contribution in [3.05, 3.63) is 23.8 Å². The smallest absolute Gasteiger partial charge is 0.420 e. The van der Waals surface area contributed by atoms with Crippen LogP contribution in [-0.2, 0) is 10.9 Å². The minimum Gasteiger partial charge on any atom is -0.505 e. The van der Waals surface area contributed by atoms with Gasteiger partial charge in [0.1, 0.15) is 0 Å². The summed E-state index contributed by atoms with van der Waals surface area (Å²) in [7, 11) is 1.64. The second-order valence-corrected chi connectivity index (χ2v) is 4.99. The molecule has 1 N–H and O–H groups in total. The summed E-state index contributed by atoms with van der Waals surface area (Å²) in [5.41, 5.74) is -0.738. The van der Waals surface area contributed by atoms with Crippen LogP contribution in [0, 0.1) is 0 Å². The van der Waals surface area contributed by atoms with Crippen molar-refractivity contribution in [3.63, 3.8) is 0 Å². The Balaban J connectivity index is 2.07. The molecular weight excluding hydrogens is 285 g/mol. The zero-order valence-electron chi connectivity index (χ0n) is 11.9. The number of anilines is 1. The molecule has 1 saturated heterocycles. The number of methoxy groups -OCH3 is 1. The van der Waals surface area contributed by atoms with Gasteiger partial charge in [-0.3, -0.25) is 4.90 Å². The zero-order chi connectivity index (χ0) is 15.5. The van der Waals surface area contributed by atoms with Gasteiger partial charge in [0.15, 0.2) is 5.75 Å². The first-order valence-electron chi connectivity index (χ1n) is 6.79. The van der Waals surface area contributed by atoms with E-state index in [1.54, 1.807) is 12.0 Å². The van der Waals surface area contributed by atoms with Crippen LogP contribution < -0.4 is 4.90 Å². The number of hydrogen-bond donors (Lipinski definition) is 1. The summed E-state index contributed by atoms with van der Waals surface area (Å²) in [5.74, 6) is -0.685. The number of para-hydroxylation sites is 1. The van der Waals surface area contributed by atoms with Gasteiger partial charge >= 0.3 is 6.18 Å². The highest BCUT2D eigenvalue weighted by molar-refractivity contribution is 5.62. The Labute approximate surface area is 121 Å². The van der Waals surface area contributed by atoms with Crippen molar-refractivity contribution in [2.45, 2.75) is 6.18 Å². The van der Waals surface area contributed by atoms with E-state index in [4.69, 9.17) is 4.74 Å². The maximum absolute atomic E-state index is 12.8. The van der Waals surface area contributed by atoms with Gasteiger partial charge < -0.3 is 14.7 Å². The van der Waals surface area contributed by atoms with Crippen molar-refractivity contribution in [1.29, 1.82) is 0 Å². The molecule has 2 rings (SSSR count). The molecule has 4 nitrogen and oxygen atoms in total. The lowest BCUT2D eigenvalue weighted by atomic mass is 10.1. The summed E-state index contributed by atoms with van der Waals surface area (Å²) in [6.07, 6.45) is -4.54. The monoisotopic (exact) mass is 304 g/mol. The molecule has 0 unspecified atom stereocenters. The van der Waals surface area contributed by atoms with Gasteiger partial charge in [-0.1, -0.05) is 6.07 Å². The molecule has 1 aliphatic rings. The van der Waals surface area contributed by atoms with Crippen LogP contribution >= 0.6 is 0 Å². The minimum absolute atomic E-state index is 0.246. The molecule has 0 amide bonds. The number of benzene rings is 1. The Hall–Kier alpha value is -1.47. The molecular formula is C14H19F3N2O2. The third-order valence-electron chi connectivity index (χ3n) is 3.64. The topological polar surface area (TPSA) is 35.9 Å². The fourth-order valence-electron chi connectivity index (χ4n) is 2.45. The van der Waals surface area contributed by atoms with Crippen LogP contribution in [0.3, 0.4) is 0 Å². The maximum atomic E-state index is 12.8. The Kier molecular flexibility index (Phi) is 4.95. The number of nitrogens with zero attached hydrogens (tertiary/aromatic N) is 2. The van der Waals surface area contributed by atoms with E-state index in [9.17, 15) is 18.3 Å². The molecule has 1 fully saturated rings. The molecule has 0 aliphatic carbocycles. The third kappa shape index (κ3) is 3.79. The van der Waals surface area contributed by atoms with Crippen LogP contribution in [-0.4, -0.2) is 56.4 Å². The predicted molar refractivity (Wildman–Crippen MR) is 73.6 cm³/mol. The molecule has 1 heterocycles. The predicted octanol–water partition coefficient (Wildman–Crippen LogP) is 2.18. The van der Waals surface area contributed by atoms with Gasteiger partial charge in [-0.2, -0.15) is 13.2 Å². The highest BCUT2D eigenvalue weighted by Gasteiger charge is 2.35. The number of phenols is 1. The van der Waals surface area contributed by atoms with Gasteiger partial charge in [-0.15, -0.1) is 0 Å². The van der Waals surface area contributed by atoms with E-state index in [2.05, 4.69) is 4.90 Å². The van der Waals surface area contributed by atoms with E-state index < -0.39 is 17.5 Å². The fourth-order valence-corrected chi connectivity index (χ4v) is 2.45. The molecule has 7 heteroatoms. The van der Waals surface area contributed by atoms with E-state index in [1.165, 1.54) is 12.1 Å². The summed E-state index contributed by atoms with van der Waals surface area (Å²) in [6, 6.07) is 3.75. The van der Waals surface area contributed by atoms with Crippen molar-refractivity contribution >= 4 is 5.69 Å². The highest BCUT2D eigenvalue weighted by Crippen LogP contribution is 2.41. The highest BCUT2D eigenvalue weighted by atomic mass is 19.4. The Morgan fingerprint density at radius 3 is 2.43 bits per heavy atom. The lowest BCUT2D eigenvalue weighted by molar-refractivity contribution is -0.138. The summed E-state index contributed by atoms with van der Waals surface area (Å²) in [6.45, 7) is 4.07. The van der Waals surface area contributed by atoms with Gasteiger partial charge in [0.2, 0.25) is 0 Å². The quantitative estimate of drug-likeness (QED) is 0.925. The number of aromatic hydroxyl groups is 1. The van der Waals surface area contributed by atoms with Crippen LogP contribution in [0.4, 0.5) is 18.9 Å². The normalized spacial score (nSPS) is 17.2. The third-order valence-corrected chi connectivity index (χ3v) is 3.64. The van der Waals surface area contributed by atoms with Crippen molar-refractivity contribution in [3.8, 4) is 5.75 Å². The summed E-state index contributed by atoms with van der Waals surface area (Å²) >= 11 is 0. The standard InChI is InChI=1S/C14H19F3N2O2/c1-21-10-9-18-5-7-19(8-6-18)12-4-2-3-11(13(12)20)14(15,16)17/h2-4,20H,5-10H2,1H3. The first kappa shape index (κ1) is 15.9. The average molecular weight is 304 g/mol. The Morgan fingerprint density at radius 2 is 1.86 bits per heavy atom. The van der Waals surface area contributed by atoms with Gasteiger partial charge in [0.25, 0.3) is 0 Å². The molecule has 118 valence electrons. The summed E-state index contributed by atoms with van der Waals surface area (Å²) < 4.78 is 43.4. The maximum Gasteiger partial charge on any atom is 0.420 e. The first-order valence-corrected chi connectivity index (χ1v) is 6.79. The molecule has 1 aromatic rings. The summed E-state index contributed by atoms with van der Waals surface area (Å²) in [4.78, 5) is 3.97. The van der Waals surface area contributed by atoms with Crippen molar-refractivity contribution < 1.29 is 23.0 Å². The zero-order valence-corrected chi connectivity index (χ0v) is 11.9. The molecule has 1 aliphatic heterocycles. The van der Waals surface area contributed by atoms with Crippen molar-refractivity contribution in [2.75, 3.05) is 51.3 Å². The number of halogens is 3. The molecule has 1 aromatic carbocycles. The van der Waals surface area contributed by atoms with E-state index in [0.717, 1.165) is 25.7 Å². The Bertz CT molecular complexity index is 472. The second kappa shape index (κ2) is 6.53. The van der Waals surface area contributed by atoms with Gasteiger partial charge in [0.05, 0.1) is 17.9 Å². The van der Waals surface area contributed by atoms with E-state index in [0.29, 0.717) is 19.7 Å². The van der Waals surface area contributed by atoms with E-state index in [1.807, 2.05) is 0 Å². The minimum atomic E-state index is -4.54. The lowest BCUT2D eigenvalue weighted by Gasteiger charge is -2.36. The van der Waals surface area contributed by atoms with Crippen LogP contribution in [0.2, 0.25) is 0 Å². The number of rotatable bonds is 4. The van der Waals surface area contributed by atoms with Gasteiger partial charge in [-0.05, 0) is 12.1 Å². The number of ether oxygens (including phenoxy) is 1.